The molecule has 0 aromatic heterocycles. The minimum atomic E-state index is -3.87. The Labute approximate surface area is 230 Å². The van der Waals surface area contributed by atoms with Crippen molar-refractivity contribution in [3.05, 3.63) is 124 Å². The van der Waals surface area contributed by atoms with Gasteiger partial charge in [-0.05, 0) is 85.0 Å². The molecule has 1 amide bonds. The van der Waals surface area contributed by atoms with Gasteiger partial charge in [-0.15, -0.1) is 0 Å². The molecule has 38 heavy (non-hydrogen) atoms. The molecule has 0 radical (unpaired) electrons. The Bertz CT molecular complexity index is 1490. The zero-order valence-corrected chi connectivity index (χ0v) is 23.1. The standard InChI is InChI=1S/C31H31ClN2O3S/c1-3-4-8-24-14-19-28(20-15-24)33-31(35)26-16-12-25(13-17-26)22-34(30-21-27(32)18-11-23(30)2)38(36,37)29-9-6-5-7-10-29/h5-7,9-21H,3-4,8,22H2,1-2H3,(H,33,35). The molecule has 0 bridgehead atoms. The highest BCUT2D eigenvalue weighted by atomic mass is 35.5. The third-order valence-corrected chi connectivity index (χ3v) is 8.35. The fraction of sp³-hybridized carbons (Fsp3) is 0.194. The molecule has 4 aromatic rings. The number of hydrogen-bond donors (Lipinski definition) is 1. The van der Waals surface area contributed by atoms with Crippen molar-refractivity contribution in [3.8, 4) is 0 Å². The monoisotopic (exact) mass is 546 g/mol. The summed E-state index contributed by atoms with van der Waals surface area (Å²) in [7, 11) is -3.87. The number of nitrogens with zero attached hydrogens (tertiary/aromatic N) is 1. The highest BCUT2D eigenvalue weighted by Gasteiger charge is 2.26. The van der Waals surface area contributed by atoms with Gasteiger partial charge >= 0.3 is 0 Å². The molecule has 0 aliphatic heterocycles. The lowest BCUT2D eigenvalue weighted by Crippen LogP contribution is -2.31. The fourth-order valence-electron chi connectivity index (χ4n) is 4.14. The smallest absolute Gasteiger partial charge is 0.264 e. The fourth-order valence-corrected chi connectivity index (χ4v) is 5.83. The van der Waals surface area contributed by atoms with Crippen LogP contribution < -0.4 is 9.62 Å². The van der Waals surface area contributed by atoms with Gasteiger partial charge in [-0.25, -0.2) is 8.42 Å². The molecule has 0 heterocycles. The van der Waals surface area contributed by atoms with Gasteiger partial charge in [0.1, 0.15) is 0 Å². The second-order valence-electron chi connectivity index (χ2n) is 9.21. The van der Waals surface area contributed by atoms with E-state index in [1.54, 1.807) is 72.8 Å². The number of sulfonamides is 1. The van der Waals surface area contributed by atoms with Gasteiger partial charge in [0.25, 0.3) is 15.9 Å². The quantitative estimate of drug-likeness (QED) is 0.222. The van der Waals surface area contributed by atoms with Crippen LogP contribution >= 0.6 is 11.6 Å². The maximum absolute atomic E-state index is 13.7. The number of unbranched alkanes of at least 4 members (excludes halogenated alkanes) is 1. The minimum Gasteiger partial charge on any atom is -0.322 e. The predicted octanol–water partition coefficient (Wildman–Crippen LogP) is 7.64. The Morgan fingerprint density at radius 2 is 1.53 bits per heavy atom. The number of halogens is 1. The maximum Gasteiger partial charge on any atom is 0.264 e. The van der Waals surface area contributed by atoms with E-state index in [2.05, 4.69) is 12.2 Å². The van der Waals surface area contributed by atoms with Crippen molar-refractivity contribution >= 4 is 38.9 Å². The summed E-state index contributed by atoms with van der Waals surface area (Å²) in [5, 5.41) is 3.38. The van der Waals surface area contributed by atoms with E-state index in [1.165, 1.54) is 9.87 Å². The van der Waals surface area contributed by atoms with Crippen LogP contribution in [0.25, 0.3) is 0 Å². The Morgan fingerprint density at radius 3 is 2.18 bits per heavy atom. The zero-order valence-electron chi connectivity index (χ0n) is 21.5. The van der Waals surface area contributed by atoms with Crippen LogP contribution in [0, 0.1) is 6.92 Å². The average Bonchev–Trinajstić information content (AvgIpc) is 2.93. The van der Waals surface area contributed by atoms with Crippen molar-refractivity contribution in [2.45, 2.75) is 44.6 Å². The largest absolute Gasteiger partial charge is 0.322 e. The maximum atomic E-state index is 13.7. The van der Waals surface area contributed by atoms with Crippen molar-refractivity contribution in [2.75, 3.05) is 9.62 Å². The Morgan fingerprint density at radius 1 is 0.868 bits per heavy atom. The lowest BCUT2D eigenvalue weighted by Gasteiger charge is -2.26. The van der Waals surface area contributed by atoms with Crippen LogP contribution in [0.2, 0.25) is 5.02 Å². The number of amides is 1. The third-order valence-electron chi connectivity index (χ3n) is 6.34. The van der Waals surface area contributed by atoms with Crippen molar-refractivity contribution in [1.29, 1.82) is 0 Å². The summed E-state index contributed by atoms with van der Waals surface area (Å²) in [6.07, 6.45) is 3.31. The molecule has 0 saturated carbocycles. The van der Waals surface area contributed by atoms with E-state index in [-0.39, 0.29) is 17.3 Å². The number of carbonyl (C=O) groups excluding carboxylic acids is 1. The number of hydrogen-bond acceptors (Lipinski definition) is 3. The first-order valence-corrected chi connectivity index (χ1v) is 14.4. The molecule has 0 atom stereocenters. The molecule has 196 valence electrons. The zero-order chi connectivity index (χ0) is 27.1. The lowest BCUT2D eigenvalue weighted by molar-refractivity contribution is 0.102. The summed E-state index contributed by atoms with van der Waals surface area (Å²) >= 11 is 6.25. The van der Waals surface area contributed by atoms with E-state index in [0.29, 0.717) is 16.3 Å². The van der Waals surface area contributed by atoms with Crippen LogP contribution in [0.1, 0.15) is 46.8 Å². The molecule has 0 saturated heterocycles. The molecule has 5 nitrogen and oxygen atoms in total. The van der Waals surface area contributed by atoms with E-state index < -0.39 is 10.0 Å². The number of anilines is 2. The number of aryl methyl sites for hydroxylation is 2. The first-order chi connectivity index (χ1) is 18.3. The molecule has 0 spiro atoms. The molecule has 4 aromatic carbocycles. The molecule has 4 rings (SSSR count). The van der Waals surface area contributed by atoms with Crippen molar-refractivity contribution < 1.29 is 13.2 Å². The number of benzene rings is 4. The molecule has 7 heteroatoms. The van der Waals surface area contributed by atoms with Crippen LogP contribution in [0.5, 0.6) is 0 Å². The van der Waals surface area contributed by atoms with Gasteiger partial charge in [0.05, 0.1) is 17.1 Å². The number of rotatable bonds is 10. The van der Waals surface area contributed by atoms with Crippen LogP contribution in [0.15, 0.2) is 102 Å². The number of nitrogens with one attached hydrogen (secondary N) is 1. The molecular weight excluding hydrogens is 516 g/mol. The van der Waals surface area contributed by atoms with Crippen LogP contribution in [-0.2, 0) is 23.0 Å². The van der Waals surface area contributed by atoms with Gasteiger partial charge < -0.3 is 5.32 Å². The number of carbonyl (C=O) groups is 1. The molecule has 0 unspecified atom stereocenters. The first-order valence-electron chi connectivity index (χ1n) is 12.6. The molecule has 0 aliphatic rings. The van der Waals surface area contributed by atoms with Crippen LogP contribution in [-0.4, -0.2) is 14.3 Å². The lowest BCUT2D eigenvalue weighted by atomic mass is 10.1. The molecule has 0 fully saturated rings. The Balaban J connectivity index is 1.55. The molecule has 0 aliphatic carbocycles. The van der Waals surface area contributed by atoms with E-state index in [0.717, 1.165) is 36.1 Å². The van der Waals surface area contributed by atoms with E-state index in [9.17, 15) is 13.2 Å². The first kappa shape index (κ1) is 27.4. The van der Waals surface area contributed by atoms with Crippen LogP contribution in [0.3, 0.4) is 0 Å². The summed E-state index contributed by atoms with van der Waals surface area (Å²) in [6, 6.07) is 28.4. The van der Waals surface area contributed by atoms with E-state index in [4.69, 9.17) is 11.6 Å². The van der Waals surface area contributed by atoms with Crippen molar-refractivity contribution in [3.63, 3.8) is 0 Å². The van der Waals surface area contributed by atoms with Crippen LogP contribution in [0.4, 0.5) is 11.4 Å². The van der Waals surface area contributed by atoms with Gasteiger partial charge in [-0.3, -0.25) is 9.10 Å². The summed E-state index contributed by atoms with van der Waals surface area (Å²) in [5.74, 6) is -0.225. The van der Waals surface area contributed by atoms with Crippen molar-refractivity contribution in [2.24, 2.45) is 0 Å². The van der Waals surface area contributed by atoms with Gasteiger partial charge in [0.2, 0.25) is 0 Å². The summed E-state index contributed by atoms with van der Waals surface area (Å²) in [5.41, 5.74) is 4.49. The van der Waals surface area contributed by atoms with Gasteiger partial charge in [-0.1, -0.05) is 73.5 Å². The molecule has 1 N–H and O–H groups in total. The second kappa shape index (κ2) is 12.3. The summed E-state index contributed by atoms with van der Waals surface area (Å²) in [6.45, 7) is 4.10. The molecular formula is C31H31ClN2O3S. The SMILES string of the molecule is CCCCc1ccc(NC(=O)c2ccc(CN(c3cc(Cl)ccc3C)S(=O)(=O)c3ccccc3)cc2)cc1. The average molecular weight is 547 g/mol. The Kier molecular flexibility index (Phi) is 8.87. The Hall–Kier alpha value is -3.61. The van der Waals surface area contributed by atoms with E-state index in [1.807, 2.05) is 31.2 Å². The minimum absolute atomic E-state index is 0.0829. The van der Waals surface area contributed by atoms with Gasteiger partial charge in [0.15, 0.2) is 0 Å². The predicted molar refractivity (Wildman–Crippen MR) is 155 cm³/mol. The topological polar surface area (TPSA) is 66.5 Å². The highest BCUT2D eigenvalue weighted by molar-refractivity contribution is 7.92. The summed E-state index contributed by atoms with van der Waals surface area (Å²) < 4.78 is 28.7. The van der Waals surface area contributed by atoms with Gasteiger partial charge in [-0.2, -0.15) is 0 Å². The van der Waals surface area contributed by atoms with Gasteiger partial charge in [0, 0.05) is 16.3 Å². The third kappa shape index (κ3) is 6.63. The van der Waals surface area contributed by atoms with E-state index >= 15 is 0 Å². The highest BCUT2D eigenvalue weighted by Crippen LogP contribution is 2.31. The van der Waals surface area contributed by atoms with Crippen molar-refractivity contribution in [1.82, 2.24) is 0 Å². The normalized spacial score (nSPS) is 11.2. The summed E-state index contributed by atoms with van der Waals surface area (Å²) in [4.78, 5) is 13.0. The second-order valence-corrected chi connectivity index (χ2v) is 11.5.